The lowest BCUT2D eigenvalue weighted by molar-refractivity contribution is -0.116. The second-order valence-corrected chi connectivity index (χ2v) is 7.39. The summed E-state index contributed by atoms with van der Waals surface area (Å²) in [6.45, 7) is 5.10. The van der Waals surface area contributed by atoms with Gasteiger partial charge in [-0.1, -0.05) is 18.2 Å². The molecule has 1 amide bonds. The highest BCUT2D eigenvalue weighted by Gasteiger charge is 2.33. The summed E-state index contributed by atoms with van der Waals surface area (Å²) in [6.07, 6.45) is 2.49. The molecule has 27 heavy (non-hydrogen) atoms. The highest BCUT2D eigenvalue weighted by molar-refractivity contribution is 5.95. The molecule has 1 atom stereocenters. The number of hydrogen-bond donors (Lipinski definition) is 1. The molecule has 2 aliphatic rings. The molecular weight excluding hydrogens is 342 g/mol. The van der Waals surface area contributed by atoms with Gasteiger partial charge in [0.05, 0.1) is 12.0 Å². The zero-order valence-corrected chi connectivity index (χ0v) is 16.0. The van der Waals surface area contributed by atoms with E-state index in [4.69, 9.17) is 14.8 Å². The van der Waals surface area contributed by atoms with Crippen molar-refractivity contribution in [2.24, 2.45) is 0 Å². The molecule has 0 spiro atoms. The molecule has 0 radical (unpaired) electrons. The third-order valence-corrected chi connectivity index (χ3v) is 5.48. The molecule has 1 aromatic carbocycles. The lowest BCUT2D eigenvalue weighted by Gasteiger charge is -2.31. The normalized spacial score (nSPS) is 21.1. The molecule has 3 heterocycles. The van der Waals surface area contributed by atoms with E-state index >= 15 is 0 Å². The average Bonchev–Trinajstić information content (AvgIpc) is 3.10. The number of benzene rings is 1. The van der Waals surface area contributed by atoms with E-state index in [-0.39, 0.29) is 11.8 Å². The largest absolute Gasteiger partial charge is 0.374 e. The van der Waals surface area contributed by atoms with Crippen molar-refractivity contribution in [3.8, 4) is 0 Å². The van der Waals surface area contributed by atoms with E-state index in [1.807, 2.05) is 25.1 Å². The lowest BCUT2D eigenvalue weighted by Crippen LogP contribution is -2.33. The number of carbonyl (C=O) groups is 1. The van der Waals surface area contributed by atoms with Gasteiger partial charge in [-0.3, -0.25) is 4.79 Å². The summed E-state index contributed by atoms with van der Waals surface area (Å²) in [5.41, 5.74) is 1.99. The van der Waals surface area contributed by atoms with E-state index in [1.54, 1.807) is 0 Å². The number of aromatic nitrogens is 3. The number of nitrogens with zero attached hydrogens (tertiary/aromatic N) is 4. The number of amides is 1. The van der Waals surface area contributed by atoms with Gasteiger partial charge in [0.25, 0.3) is 0 Å². The Balaban J connectivity index is 1.72. The molecule has 0 bridgehead atoms. The number of fused-ring (bicyclic) bond motifs is 1. The van der Waals surface area contributed by atoms with Gasteiger partial charge in [-0.05, 0) is 51.5 Å². The maximum absolute atomic E-state index is 12.3. The van der Waals surface area contributed by atoms with Crippen molar-refractivity contribution in [1.29, 1.82) is 0 Å². The number of likely N-dealkylation sites (tertiary alicyclic amines) is 1. The number of carbonyl (C=O) groups excluding carboxylic acids is 1. The molecule has 1 fully saturated rings. The first kappa shape index (κ1) is 18.1. The van der Waals surface area contributed by atoms with E-state index < -0.39 is 0 Å². The van der Waals surface area contributed by atoms with Crippen LogP contribution in [0.2, 0.25) is 0 Å². The fraction of sp³-hybridized carbons (Fsp3) is 0.550. The minimum Gasteiger partial charge on any atom is -0.374 e. The second-order valence-electron chi connectivity index (χ2n) is 7.39. The minimum atomic E-state index is -0.0718. The molecule has 7 heteroatoms. The van der Waals surface area contributed by atoms with Crippen LogP contribution in [0.25, 0.3) is 0 Å². The number of para-hydroxylation sites is 1. The SMILES string of the molecule is CCOCc1nc(C2CC(=O)Nc3ccccc32)n(C2CCN(C)CC2)n1. The predicted octanol–water partition coefficient (Wildman–Crippen LogP) is 2.56. The summed E-state index contributed by atoms with van der Waals surface area (Å²) in [5, 5.41) is 7.78. The summed E-state index contributed by atoms with van der Waals surface area (Å²) in [5.74, 6) is 1.55. The number of rotatable bonds is 5. The monoisotopic (exact) mass is 369 g/mol. The maximum Gasteiger partial charge on any atom is 0.225 e. The highest BCUT2D eigenvalue weighted by atomic mass is 16.5. The van der Waals surface area contributed by atoms with Gasteiger partial charge in [0, 0.05) is 18.7 Å². The third kappa shape index (κ3) is 3.75. The molecule has 144 valence electrons. The molecule has 2 aliphatic heterocycles. The topological polar surface area (TPSA) is 72.3 Å². The number of nitrogens with one attached hydrogen (secondary N) is 1. The summed E-state index contributed by atoms with van der Waals surface area (Å²) >= 11 is 0. The predicted molar refractivity (Wildman–Crippen MR) is 103 cm³/mol. The van der Waals surface area contributed by atoms with Crippen molar-refractivity contribution in [1.82, 2.24) is 19.7 Å². The smallest absolute Gasteiger partial charge is 0.225 e. The van der Waals surface area contributed by atoms with Crippen LogP contribution in [0.4, 0.5) is 5.69 Å². The van der Waals surface area contributed by atoms with Crippen molar-refractivity contribution >= 4 is 11.6 Å². The molecule has 1 aromatic heterocycles. The Morgan fingerprint density at radius 1 is 1.26 bits per heavy atom. The Bertz CT molecular complexity index is 810. The van der Waals surface area contributed by atoms with Gasteiger partial charge in [-0.2, -0.15) is 5.10 Å². The molecule has 4 rings (SSSR count). The van der Waals surface area contributed by atoms with Crippen LogP contribution in [0.5, 0.6) is 0 Å². The number of ether oxygens (including phenoxy) is 1. The number of piperidine rings is 1. The summed E-state index contributed by atoms with van der Waals surface area (Å²) in [6, 6.07) is 8.31. The standard InChI is InChI=1S/C20H27N5O2/c1-3-27-13-18-22-20(25(23-18)14-8-10-24(2)11-9-14)16-12-19(26)21-17-7-5-4-6-15(16)17/h4-7,14,16H,3,8-13H2,1-2H3,(H,21,26). The minimum absolute atomic E-state index is 0.0305. The first-order valence-electron chi connectivity index (χ1n) is 9.76. The Kier molecular flexibility index (Phi) is 5.22. The van der Waals surface area contributed by atoms with Crippen LogP contribution in [0.1, 0.15) is 55.4 Å². The maximum atomic E-state index is 12.3. The molecule has 2 aromatic rings. The quantitative estimate of drug-likeness (QED) is 0.877. The van der Waals surface area contributed by atoms with Gasteiger partial charge in [0.2, 0.25) is 5.91 Å². The summed E-state index contributed by atoms with van der Waals surface area (Å²) in [7, 11) is 2.15. The van der Waals surface area contributed by atoms with E-state index in [0.29, 0.717) is 31.5 Å². The van der Waals surface area contributed by atoms with Crippen molar-refractivity contribution in [3.63, 3.8) is 0 Å². The number of hydrogen-bond acceptors (Lipinski definition) is 5. The second kappa shape index (κ2) is 7.78. The van der Waals surface area contributed by atoms with Crippen molar-refractivity contribution in [3.05, 3.63) is 41.5 Å². The fourth-order valence-electron chi connectivity index (χ4n) is 4.02. The number of anilines is 1. The van der Waals surface area contributed by atoms with Crippen molar-refractivity contribution in [2.75, 3.05) is 32.1 Å². The summed E-state index contributed by atoms with van der Waals surface area (Å²) in [4.78, 5) is 19.5. The zero-order valence-electron chi connectivity index (χ0n) is 16.0. The molecular formula is C20H27N5O2. The Morgan fingerprint density at radius 3 is 2.81 bits per heavy atom. The van der Waals surface area contributed by atoms with Crippen LogP contribution in [0.3, 0.4) is 0 Å². The Hall–Kier alpha value is -2.25. The third-order valence-electron chi connectivity index (χ3n) is 5.48. The van der Waals surface area contributed by atoms with Crippen molar-refractivity contribution < 1.29 is 9.53 Å². The van der Waals surface area contributed by atoms with E-state index in [1.165, 1.54) is 0 Å². The fourth-order valence-corrected chi connectivity index (χ4v) is 4.02. The van der Waals surface area contributed by atoms with E-state index in [2.05, 4.69) is 28.0 Å². The highest BCUT2D eigenvalue weighted by Crippen LogP contribution is 2.37. The van der Waals surface area contributed by atoms with Crippen LogP contribution in [0.15, 0.2) is 24.3 Å². The zero-order chi connectivity index (χ0) is 18.8. The Morgan fingerprint density at radius 2 is 2.04 bits per heavy atom. The van der Waals surface area contributed by atoms with Gasteiger partial charge >= 0.3 is 0 Å². The first-order chi connectivity index (χ1) is 13.2. The average molecular weight is 369 g/mol. The van der Waals surface area contributed by atoms with Crippen LogP contribution in [-0.2, 0) is 16.1 Å². The lowest BCUT2D eigenvalue weighted by atomic mass is 9.89. The molecule has 0 saturated carbocycles. The van der Waals surface area contributed by atoms with E-state index in [9.17, 15) is 4.79 Å². The van der Waals surface area contributed by atoms with E-state index in [0.717, 1.165) is 43.0 Å². The Labute approximate surface area is 159 Å². The van der Waals surface area contributed by atoms with Crippen LogP contribution >= 0.6 is 0 Å². The van der Waals surface area contributed by atoms with Gasteiger partial charge in [0.15, 0.2) is 5.82 Å². The van der Waals surface area contributed by atoms with Crippen molar-refractivity contribution in [2.45, 2.75) is 44.8 Å². The van der Waals surface area contributed by atoms with Gasteiger partial charge in [-0.15, -0.1) is 0 Å². The molecule has 0 aliphatic carbocycles. The van der Waals surface area contributed by atoms with Crippen LogP contribution in [0, 0.1) is 0 Å². The van der Waals surface area contributed by atoms with Crippen LogP contribution in [-0.4, -0.2) is 52.3 Å². The molecule has 7 nitrogen and oxygen atoms in total. The van der Waals surface area contributed by atoms with Gasteiger partial charge in [-0.25, -0.2) is 9.67 Å². The first-order valence-corrected chi connectivity index (χ1v) is 9.76. The van der Waals surface area contributed by atoms with Gasteiger partial charge in [0.1, 0.15) is 12.4 Å². The van der Waals surface area contributed by atoms with Crippen LogP contribution < -0.4 is 5.32 Å². The molecule has 1 N–H and O–H groups in total. The molecule has 1 saturated heterocycles. The van der Waals surface area contributed by atoms with Gasteiger partial charge < -0.3 is 15.0 Å². The molecule has 1 unspecified atom stereocenters. The summed E-state index contributed by atoms with van der Waals surface area (Å²) < 4.78 is 7.63.